The van der Waals surface area contributed by atoms with Crippen LogP contribution in [0.25, 0.3) is 10.8 Å². The van der Waals surface area contributed by atoms with E-state index < -0.39 is 0 Å². The number of hydrogen-bond acceptors (Lipinski definition) is 3. The van der Waals surface area contributed by atoms with Gasteiger partial charge in [-0.2, -0.15) is 0 Å². The minimum absolute atomic E-state index is 0.469. The van der Waals surface area contributed by atoms with E-state index >= 15 is 0 Å². The Morgan fingerprint density at radius 3 is 2.50 bits per heavy atom. The van der Waals surface area contributed by atoms with Gasteiger partial charge in [0.1, 0.15) is 0 Å². The molecule has 0 saturated carbocycles. The molecular formula is C15H21N3. The Hall–Kier alpha value is -1.77. The fourth-order valence-corrected chi connectivity index (χ4v) is 2.17. The smallest absolute Gasteiger partial charge is 0.0462 e. The van der Waals surface area contributed by atoms with Crippen molar-refractivity contribution in [3.63, 3.8) is 0 Å². The van der Waals surface area contributed by atoms with Crippen molar-refractivity contribution < 1.29 is 0 Å². The molecule has 1 heterocycles. The van der Waals surface area contributed by atoms with E-state index in [-0.39, 0.29) is 0 Å². The zero-order valence-electron chi connectivity index (χ0n) is 11.5. The van der Waals surface area contributed by atoms with Crippen molar-refractivity contribution in [1.29, 1.82) is 0 Å². The zero-order chi connectivity index (χ0) is 13.3. The van der Waals surface area contributed by atoms with Crippen LogP contribution < -0.4 is 10.6 Å². The number of nitrogens with zero attached hydrogens (tertiary/aromatic N) is 2. The molecule has 1 unspecified atom stereocenters. The first-order valence-electron chi connectivity index (χ1n) is 6.37. The fourth-order valence-electron chi connectivity index (χ4n) is 2.17. The number of aromatic nitrogens is 1. The molecule has 3 nitrogen and oxygen atoms in total. The first kappa shape index (κ1) is 12.7. The molecule has 0 saturated heterocycles. The Morgan fingerprint density at radius 2 is 1.83 bits per heavy atom. The van der Waals surface area contributed by atoms with Crippen molar-refractivity contribution in [2.45, 2.75) is 26.8 Å². The van der Waals surface area contributed by atoms with Gasteiger partial charge >= 0.3 is 0 Å². The molecule has 2 aromatic rings. The summed E-state index contributed by atoms with van der Waals surface area (Å²) in [5.74, 6) is 0.597. The molecule has 1 atom stereocenters. The zero-order valence-corrected chi connectivity index (χ0v) is 11.5. The first-order valence-corrected chi connectivity index (χ1v) is 6.37. The third kappa shape index (κ3) is 2.13. The average Bonchev–Trinajstić information content (AvgIpc) is 2.38. The third-order valence-electron chi connectivity index (χ3n) is 3.78. The lowest BCUT2D eigenvalue weighted by Crippen LogP contribution is -2.33. The maximum atomic E-state index is 6.01. The average molecular weight is 243 g/mol. The standard InChI is InChI=1S/C15H21N3/c1-10(2)11(3)18(4)15-6-5-14(16)12-7-8-17-9-13(12)15/h5-11H,16H2,1-4H3. The number of pyridine rings is 1. The van der Waals surface area contributed by atoms with Crippen LogP contribution in [0.2, 0.25) is 0 Å². The molecular weight excluding hydrogens is 222 g/mol. The molecule has 0 bridgehead atoms. The highest BCUT2D eigenvalue weighted by Crippen LogP contribution is 2.31. The second-order valence-electron chi connectivity index (χ2n) is 5.19. The summed E-state index contributed by atoms with van der Waals surface area (Å²) in [6, 6.07) is 6.50. The number of anilines is 2. The molecule has 96 valence electrons. The van der Waals surface area contributed by atoms with Gasteiger partial charge in [-0.05, 0) is 31.0 Å². The topological polar surface area (TPSA) is 42.1 Å². The third-order valence-corrected chi connectivity index (χ3v) is 3.78. The van der Waals surface area contributed by atoms with E-state index in [1.807, 2.05) is 18.3 Å². The number of hydrogen-bond donors (Lipinski definition) is 1. The van der Waals surface area contributed by atoms with E-state index in [4.69, 9.17) is 5.73 Å². The molecule has 2 N–H and O–H groups in total. The summed E-state index contributed by atoms with van der Waals surface area (Å²) in [6.45, 7) is 6.71. The summed E-state index contributed by atoms with van der Waals surface area (Å²) < 4.78 is 0. The Balaban J connectivity index is 2.55. The van der Waals surface area contributed by atoms with Crippen LogP contribution in [0.1, 0.15) is 20.8 Å². The second-order valence-corrected chi connectivity index (χ2v) is 5.19. The molecule has 0 amide bonds. The predicted molar refractivity (Wildman–Crippen MR) is 78.9 cm³/mol. The molecule has 1 aromatic heterocycles. The first-order chi connectivity index (χ1) is 8.52. The summed E-state index contributed by atoms with van der Waals surface area (Å²) in [5, 5.41) is 2.19. The molecule has 0 aliphatic carbocycles. The van der Waals surface area contributed by atoms with Crippen LogP contribution in [0.4, 0.5) is 11.4 Å². The van der Waals surface area contributed by atoms with Crippen molar-refractivity contribution in [3.8, 4) is 0 Å². The minimum atomic E-state index is 0.469. The highest BCUT2D eigenvalue weighted by atomic mass is 15.1. The van der Waals surface area contributed by atoms with Crippen LogP contribution in [-0.2, 0) is 0 Å². The maximum absolute atomic E-state index is 6.01. The summed E-state index contributed by atoms with van der Waals surface area (Å²) in [6.07, 6.45) is 3.68. The van der Waals surface area contributed by atoms with Gasteiger partial charge in [-0.25, -0.2) is 0 Å². The highest BCUT2D eigenvalue weighted by Gasteiger charge is 2.16. The summed E-state index contributed by atoms with van der Waals surface area (Å²) >= 11 is 0. The molecule has 0 fully saturated rings. The quantitative estimate of drug-likeness (QED) is 0.841. The van der Waals surface area contributed by atoms with Crippen LogP contribution >= 0.6 is 0 Å². The lowest BCUT2D eigenvalue weighted by molar-refractivity contribution is 0.506. The van der Waals surface area contributed by atoms with Gasteiger partial charge < -0.3 is 10.6 Å². The van der Waals surface area contributed by atoms with Crippen molar-refractivity contribution >= 4 is 22.1 Å². The number of nitrogen functional groups attached to an aromatic ring is 1. The van der Waals surface area contributed by atoms with Gasteiger partial charge in [0.25, 0.3) is 0 Å². The molecule has 0 radical (unpaired) electrons. The van der Waals surface area contributed by atoms with Crippen molar-refractivity contribution in [2.75, 3.05) is 17.7 Å². The van der Waals surface area contributed by atoms with E-state index in [1.54, 1.807) is 6.20 Å². The largest absolute Gasteiger partial charge is 0.398 e. The van der Waals surface area contributed by atoms with Crippen molar-refractivity contribution in [1.82, 2.24) is 4.98 Å². The monoisotopic (exact) mass is 243 g/mol. The van der Waals surface area contributed by atoms with Gasteiger partial charge in [-0.1, -0.05) is 13.8 Å². The fraction of sp³-hybridized carbons (Fsp3) is 0.400. The van der Waals surface area contributed by atoms with Crippen LogP contribution in [0.15, 0.2) is 30.6 Å². The van der Waals surface area contributed by atoms with Crippen LogP contribution in [0, 0.1) is 5.92 Å². The molecule has 18 heavy (non-hydrogen) atoms. The van der Waals surface area contributed by atoms with E-state index in [1.165, 1.54) is 5.69 Å². The van der Waals surface area contributed by atoms with E-state index in [0.29, 0.717) is 12.0 Å². The van der Waals surface area contributed by atoms with Gasteiger partial charge in [0.15, 0.2) is 0 Å². The van der Waals surface area contributed by atoms with Gasteiger partial charge in [0.05, 0.1) is 0 Å². The summed E-state index contributed by atoms with van der Waals surface area (Å²) in [5.41, 5.74) is 8.01. The SMILES string of the molecule is CC(C)C(C)N(C)c1ccc(N)c2ccncc12. The number of rotatable bonds is 3. The number of nitrogens with two attached hydrogens (primary N) is 1. The van der Waals surface area contributed by atoms with Gasteiger partial charge in [0, 0.05) is 47.6 Å². The summed E-state index contributed by atoms with van der Waals surface area (Å²) in [4.78, 5) is 6.52. The minimum Gasteiger partial charge on any atom is -0.398 e. The van der Waals surface area contributed by atoms with Crippen molar-refractivity contribution in [3.05, 3.63) is 30.6 Å². The van der Waals surface area contributed by atoms with E-state index in [9.17, 15) is 0 Å². The maximum Gasteiger partial charge on any atom is 0.0462 e. The van der Waals surface area contributed by atoms with Gasteiger partial charge in [0.2, 0.25) is 0 Å². The molecule has 0 spiro atoms. The molecule has 0 aliphatic rings. The van der Waals surface area contributed by atoms with E-state index in [2.05, 4.69) is 43.8 Å². The lowest BCUT2D eigenvalue weighted by Gasteiger charge is -2.31. The van der Waals surface area contributed by atoms with Crippen LogP contribution in [0.5, 0.6) is 0 Å². The van der Waals surface area contributed by atoms with Crippen molar-refractivity contribution in [2.24, 2.45) is 5.92 Å². The molecule has 2 rings (SSSR count). The molecule has 1 aromatic carbocycles. The summed E-state index contributed by atoms with van der Waals surface area (Å²) in [7, 11) is 2.13. The van der Waals surface area contributed by atoms with Gasteiger partial charge in [-0.3, -0.25) is 4.98 Å². The molecule has 0 aliphatic heterocycles. The van der Waals surface area contributed by atoms with Gasteiger partial charge in [-0.15, -0.1) is 0 Å². The Labute approximate surface area is 109 Å². The van der Waals surface area contributed by atoms with E-state index in [0.717, 1.165) is 16.5 Å². The number of benzene rings is 1. The van der Waals surface area contributed by atoms with Crippen LogP contribution in [-0.4, -0.2) is 18.1 Å². The predicted octanol–water partition coefficient (Wildman–Crippen LogP) is 3.30. The lowest BCUT2D eigenvalue weighted by atomic mass is 10.0. The second kappa shape index (κ2) is 4.84. The highest BCUT2D eigenvalue weighted by molar-refractivity contribution is 6.00. The molecule has 3 heteroatoms. The Bertz CT molecular complexity index is 548. The Kier molecular flexibility index (Phi) is 3.41. The van der Waals surface area contributed by atoms with Crippen LogP contribution in [0.3, 0.4) is 0 Å². The normalized spacial score (nSPS) is 12.9. The Morgan fingerprint density at radius 1 is 1.11 bits per heavy atom. The number of fused-ring (bicyclic) bond motifs is 1.